The van der Waals surface area contributed by atoms with E-state index < -0.39 is 0 Å². The molecule has 2 rings (SSSR count). The van der Waals surface area contributed by atoms with E-state index >= 15 is 0 Å². The number of rotatable bonds is 5. The highest BCUT2D eigenvalue weighted by atomic mass is 16.2. The number of nitrogens with zero attached hydrogens (tertiary/aromatic N) is 2. The summed E-state index contributed by atoms with van der Waals surface area (Å²) in [7, 11) is 0. The van der Waals surface area contributed by atoms with E-state index in [2.05, 4.69) is 32.2 Å². The summed E-state index contributed by atoms with van der Waals surface area (Å²) >= 11 is 0. The van der Waals surface area contributed by atoms with Crippen LogP contribution in [0.5, 0.6) is 0 Å². The Morgan fingerprint density at radius 3 is 2.39 bits per heavy atom. The molecule has 1 N–H and O–H groups in total. The van der Waals surface area contributed by atoms with Crippen LogP contribution >= 0.6 is 0 Å². The minimum Gasteiger partial charge on any atom is -0.348 e. The van der Waals surface area contributed by atoms with Gasteiger partial charge in [-0.05, 0) is 43.0 Å². The molecule has 0 aliphatic rings. The fourth-order valence-corrected chi connectivity index (χ4v) is 2.30. The third kappa shape index (κ3) is 3.62. The zero-order chi connectivity index (χ0) is 17.0. The van der Waals surface area contributed by atoms with E-state index in [-0.39, 0.29) is 11.9 Å². The Labute approximate surface area is 137 Å². The van der Waals surface area contributed by atoms with Crippen LogP contribution in [0.2, 0.25) is 0 Å². The third-order valence-corrected chi connectivity index (χ3v) is 4.20. The van der Waals surface area contributed by atoms with Gasteiger partial charge in [0.2, 0.25) is 0 Å². The van der Waals surface area contributed by atoms with Gasteiger partial charge in [0, 0.05) is 17.9 Å². The first-order valence-electron chi connectivity index (χ1n) is 7.99. The molecule has 23 heavy (non-hydrogen) atoms. The van der Waals surface area contributed by atoms with Crippen molar-refractivity contribution in [2.45, 2.75) is 40.2 Å². The second kappa shape index (κ2) is 7.15. The Kier molecular flexibility index (Phi) is 5.23. The summed E-state index contributed by atoms with van der Waals surface area (Å²) in [4.78, 5) is 12.6. The summed E-state index contributed by atoms with van der Waals surface area (Å²) < 4.78 is 1.78. The van der Waals surface area contributed by atoms with Crippen LogP contribution in [0.15, 0.2) is 36.5 Å². The maximum absolute atomic E-state index is 12.6. The Bertz CT molecular complexity index is 720. The lowest BCUT2D eigenvalue weighted by atomic mass is 10.1. The third-order valence-electron chi connectivity index (χ3n) is 4.20. The maximum Gasteiger partial charge on any atom is 0.269 e. The van der Waals surface area contributed by atoms with Crippen LogP contribution < -0.4 is 5.32 Å². The molecule has 4 heteroatoms. The number of hydrogen-bond acceptors (Lipinski definition) is 2. The second-order valence-corrected chi connectivity index (χ2v) is 6.09. The number of carbonyl (C=O) groups excluding carboxylic acids is 1. The number of aromatic nitrogens is 1. The van der Waals surface area contributed by atoms with Gasteiger partial charge >= 0.3 is 0 Å². The van der Waals surface area contributed by atoms with Crippen LogP contribution in [0.4, 0.5) is 0 Å². The lowest BCUT2D eigenvalue weighted by Crippen LogP contribution is -2.37. The normalized spacial score (nSPS) is 12.0. The Morgan fingerprint density at radius 1 is 1.22 bits per heavy atom. The van der Waals surface area contributed by atoms with E-state index in [0.29, 0.717) is 17.2 Å². The number of aryl methyl sites for hydroxylation is 1. The van der Waals surface area contributed by atoms with Gasteiger partial charge < -0.3 is 9.88 Å². The fourth-order valence-electron chi connectivity index (χ4n) is 2.30. The quantitative estimate of drug-likeness (QED) is 0.916. The van der Waals surface area contributed by atoms with Crippen molar-refractivity contribution in [2.24, 2.45) is 5.92 Å². The van der Waals surface area contributed by atoms with Crippen molar-refractivity contribution < 1.29 is 4.79 Å². The lowest BCUT2D eigenvalue weighted by Gasteiger charge is -2.18. The lowest BCUT2D eigenvalue weighted by molar-refractivity contribution is 0.0923. The van der Waals surface area contributed by atoms with Crippen LogP contribution in [0.3, 0.4) is 0 Å². The van der Waals surface area contributed by atoms with E-state index in [1.165, 1.54) is 5.56 Å². The molecule has 0 radical (unpaired) electrons. The molecule has 1 amide bonds. The number of benzene rings is 1. The van der Waals surface area contributed by atoms with E-state index in [1.807, 2.05) is 31.2 Å². The van der Waals surface area contributed by atoms with Crippen LogP contribution in [0.1, 0.15) is 49.3 Å². The number of amides is 1. The van der Waals surface area contributed by atoms with Crippen molar-refractivity contribution in [1.82, 2.24) is 9.88 Å². The zero-order valence-electron chi connectivity index (χ0n) is 14.1. The smallest absolute Gasteiger partial charge is 0.269 e. The van der Waals surface area contributed by atoms with E-state index in [1.54, 1.807) is 16.8 Å². The highest BCUT2D eigenvalue weighted by Gasteiger charge is 2.20. The molecule has 0 saturated carbocycles. The molecule has 1 unspecified atom stereocenters. The molecule has 0 bridgehead atoms. The largest absolute Gasteiger partial charge is 0.348 e. The molecule has 2 aromatic rings. The first-order chi connectivity index (χ1) is 11.0. The Morgan fingerprint density at radius 2 is 1.87 bits per heavy atom. The number of nitrogens with one attached hydrogen (secondary N) is 1. The van der Waals surface area contributed by atoms with Gasteiger partial charge in [-0.3, -0.25) is 4.79 Å². The van der Waals surface area contributed by atoms with Crippen LogP contribution in [-0.2, 0) is 6.42 Å². The highest BCUT2D eigenvalue weighted by molar-refractivity contribution is 5.96. The summed E-state index contributed by atoms with van der Waals surface area (Å²) in [5.41, 5.74) is 2.90. The standard InChI is InChI=1S/C19H23N3O/c1-5-15-6-8-17(9-7-15)22-11-10-16(12-20)18(22)19(23)21-14(4)13(2)3/h6-11,13-14H,5H2,1-4H3,(H,21,23). The van der Waals surface area contributed by atoms with Gasteiger partial charge in [-0.15, -0.1) is 0 Å². The molecule has 1 heterocycles. The van der Waals surface area contributed by atoms with E-state index in [4.69, 9.17) is 0 Å². The first kappa shape index (κ1) is 16.8. The molecule has 120 valence electrons. The molecule has 1 aromatic heterocycles. The van der Waals surface area contributed by atoms with Gasteiger partial charge in [0.05, 0.1) is 5.56 Å². The summed E-state index contributed by atoms with van der Waals surface area (Å²) in [6.45, 7) is 8.18. The predicted molar refractivity (Wildman–Crippen MR) is 91.6 cm³/mol. The number of carbonyl (C=O) groups is 1. The second-order valence-electron chi connectivity index (χ2n) is 6.09. The molecule has 1 aromatic carbocycles. The average molecular weight is 309 g/mol. The van der Waals surface area contributed by atoms with Crippen LogP contribution in [0.25, 0.3) is 5.69 Å². The van der Waals surface area contributed by atoms with Crippen LogP contribution in [0, 0.1) is 17.2 Å². The minimum absolute atomic E-state index is 0.0415. The molecule has 0 saturated heterocycles. The van der Waals surface area contributed by atoms with Crippen molar-refractivity contribution in [3.8, 4) is 11.8 Å². The van der Waals surface area contributed by atoms with Crippen molar-refractivity contribution in [1.29, 1.82) is 5.26 Å². The first-order valence-corrected chi connectivity index (χ1v) is 7.99. The SMILES string of the molecule is CCc1ccc(-n2ccc(C#N)c2C(=O)NC(C)C(C)C)cc1. The molecule has 0 aliphatic heterocycles. The van der Waals surface area contributed by atoms with Crippen molar-refractivity contribution in [2.75, 3.05) is 0 Å². The molecule has 1 atom stereocenters. The predicted octanol–water partition coefficient (Wildman–Crippen LogP) is 3.69. The molecule has 0 spiro atoms. The van der Waals surface area contributed by atoms with Crippen molar-refractivity contribution in [3.05, 3.63) is 53.3 Å². The molecule has 0 aliphatic carbocycles. The molecular weight excluding hydrogens is 286 g/mol. The summed E-state index contributed by atoms with van der Waals surface area (Å²) in [6, 6.07) is 11.9. The molecular formula is C19H23N3O. The van der Waals surface area contributed by atoms with Gasteiger partial charge in [-0.25, -0.2) is 0 Å². The van der Waals surface area contributed by atoms with E-state index in [9.17, 15) is 10.1 Å². The number of hydrogen-bond donors (Lipinski definition) is 1. The summed E-state index contributed by atoms with van der Waals surface area (Å²) in [5, 5.41) is 12.3. The van der Waals surface area contributed by atoms with Gasteiger partial charge in [0.1, 0.15) is 11.8 Å². The van der Waals surface area contributed by atoms with E-state index in [0.717, 1.165) is 12.1 Å². The van der Waals surface area contributed by atoms with Crippen LogP contribution in [-0.4, -0.2) is 16.5 Å². The Balaban J connectivity index is 2.40. The molecule has 0 fully saturated rings. The number of nitriles is 1. The van der Waals surface area contributed by atoms with Gasteiger partial charge in [0.25, 0.3) is 5.91 Å². The average Bonchev–Trinajstić information content (AvgIpc) is 2.98. The molecule has 4 nitrogen and oxygen atoms in total. The summed E-state index contributed by atoms with van der Waals surface area (Å²) in [6.07, 6.45) is 2.74. The summed E-state index contributed by atoms with van der Waals surface area (Å²) in [5.74, 6) is 0.115. The van der Waals surface area contributed by atoms with Gasteiger partial charge in [0.15, 0.2) is 0 Å². The van der Waals surface area contributed by atoms with Gasteiger partial charge in [-0.1, -0.05) is 32.9 Å². The maximum atomic E-state index is 12.6. The topological polar surface area (TPSA) is 57.8 Å². The van der Waals surface area contributed by atoms with Gasteiger partial charge in [-0.2, -0.15) is 5.26 Å². The van der Waals surface area contributed by atoms with Crippen molar-refractivity contribution >= 4 is 5.91 Å². The minimum atomic E-state index is -0.215. The highest BCUT2D eigenvalue weighted by Crippen LogP contribution is 2.18. The van der Waals surface area contributed by atoms with Crippen molar-refractivity contribution in [3.63, 3.8) is 0 Å². The monoisotopic (exact) mass is 309 g/mol. The zero-order valence-corrected chi connectivity index (χ0v) is 14.1. The Hall–Kier alpha value is -2.54. The fraction of sp³-hybridized carbons (Fsp3) is 0.368.